The summed E-state index contributed by atoms with van der Waals surface area (Å²) in [7, 11) is 0. The van der Waals surface area contributed by atoms with Gasteiger partial charge in [-0.1, -0.05) is 25.1 Å². The van der Waals surface area contributed by atoms with Gasteiger partial charge in [-0.15, -0.1) is 0 Å². The topological polar surface area (TPSA) is 27.8 Å². The number of aromatic nitrogens is 1. The van der Waals surface area contributed by atoms with Gasteiger partial charge in [-0.25, -0.2) is 0 Å². The maximum absolute atomic E-state index is 3.49. The lowest BCUT2D eigenvalue weighted by Crippen LogP contribution is -2.16. The van der Waals surface area contributed by atoms with Gasteiger partial charge in [0, 0.05) is 16.6 Å². The summed E-state index contributed by atoms with van der Waals surface area (Å²) in [5.74, 6) is 0. The minimum Gasteiger partial charge on any atom is -0.358 e. The van der Waals surface area contributed by atoms with Crippen LogP contribution in [0.5, 0.6) is 0 Å². The highest BCUT2D eigenvalue weighted by atomic mass is 14.8. The van der Waals surface area contributed by atoms with Crippen LogP contribution in [0.25, 0.3) is 10.9 Å². The molecule has 2 nitrogen and oxygen atoms in total. The highest BCUT2D eigenvalue weighted by Gasteiger charge is 2.08. The monoisotopic (exact) mass is 216 g/mol. The number of hydrogen-bond acceptors (Lipinski definition) is 1. The van der Waals surface area contributed by atoms with Gasteiger partial charge in [-0.2, -0.15) is 0 Å². The quantitative estimate of drug-likeness (QED) is 0.756. The lowest BCUT2D eigenvalue weighted by molar-refractivity contribution is 0.716. The molecule has 16 heavy (non-hydrogen) atoms. The molecule has 1 heterocycles. The van der Waals surface area contributed by atoms with Gasteiger partial charge in [-0.3, -0.25) is 0 Å². The lowest BCUT2D eigenvalue weighted by atomic mass is 10.1. The Hall–Kier alpha value is -1.28. The third kappa shape index (κ3) is 1.98. The molecule has 0 unspecified atom stereocenters. The zero-order valence-corrected chi connectivity index (χ0v) is 10.4. The van der Waals surface area contributed by atoms with Gasteiger partial charge in [0.05, 0.1) is 0 Å². The van der Waals surface area contributed by atoms with Gasteiger partial charge in [0.15, 0.2) is 0 Å². The summed E-state index contributed by atoms with van der Waals surface area (Å²) in [6, 6.07) is 6.52. The van der Waals surface area contributed by atoms with Gasteiger partial charge >= 0.3 is 0 Å². The Morgan fingerprint density at radius 1 is 1.25 bits per heavy atom. The molecule has 1 aromatic heterocycles. The Morgan fingerprint density at radius 2 is 2.06 bits per heavy atom. The number of rotatable bonds is 4. The molecule has 1 aromatic carbocycles. The van der Waals surface area contributed by atoms with Crippen molar-refractivity contribution < 1.29 is 0 Å². The van der Waals surface area contributed by atoms with Gasteiger partial charge < -0.3 is 10.3 Å². The van der Waals surface area contributed by atoms with E-state index in [9.17, 15) is 0 Å². The van der Waals surface area contributed by atoms with Crippen molar-refractivity contribution in [1.82, 2.24) is 10.3 Å². The Kier molecular flexibility index (Phi) is 3.30. The molecule has 0 amide bonds. The van der Waals surface area contributed by atoms with Crippen LogP contribution in [0.1, 0.15) is 23.7 Å². The Morgan fingerprint density at radius 3 is 2.81 bits per heavy atom. The van der Waals surface area contributed by atoms with E-state index in [1.165, 1.54) is 27.7 Å². The SMILES string of the molecule is CCNCCc1c(C)[nH]c2c(C)cccc12. The number of nitrogens with one attached hydrogen (secondary N) is 2. The Balaban J connectivity index is 2.36. The summed E-state index contributed by atoms with van der Waals surface area (Å²) in [6.45, 7) is 8.57. The number of para-hydroxylation sites is 1. The fourth-order valence-electron chi connectivity index (χ4n) is 2.26. The molecule has 86 valence electrons. The standard InChI is InChI=1S/C14H20N2/c1-4-15-9-8-12-11(3)16-14-10(2)6-5-7-13(12)14/h5-7,15-16H,4,8-9H2,1-3H3. The van der Waals surface area contributed by atoms with E-state index in [1.54, 1.807) is 0 Å². The number of hydrogen-bond donors (Lipinski definition) is 2. The number of fused-ring (bicyclic) bond motifs is 1. The lowest BCUT2D eigenvalue weighted by Gasteiger charge is -2.02. The number of benzene rings is 1. The molecule has 2 N–H and O–H groups in total. The van der Waals surface area contributed by atoms with Crippen LogP contribution in [-0.2, 0) is 6.42 Å². The van der Waals surface area contributed by atoms with Crippen molar-refractivity contribution in [2.45, 2.75) is 27.2 Å². The molecule has 2 heteroatoms. The summed E-state index contributed by atoms with van der Waals surface area (Å²) in [5, 5.41) is 4.76. The first-order valence-electron chi connectivity index (χ1n) is 6.01. The predicted octanol–water partition coefficient (Wildman–Crippen LogP) is 2.94. The van der Waals surface area contributed by atoms with E-state index >= 15 is 0 Å². The second-order valence-corrected chi connectivity index (χ2v) is 4.33. The van der Waals surface area contributed by atoms with Crippen molar-refractivity contribution in [2.75, 3.05) is 13.1 Å². The van der Waals surface area contributed by atoms with E-state index in [-0.39, 0.29) is 0 Å². The van der Waals surface area contributed by atoms with Crippen molar-refractivity contribution >= 4 is 10.9 Å². The maximum Gasteiger partial charge on any atom is 0.0488 e. The minimum atomic E-state index is 1.04. The average molecular weight is 216 g/mol. The highest BCUT2D eigenvalue weighted by molar-refractivity contribution is 5.87. The molecule has 0 bridgehead atoms. The number of aryl methyl sites for hydroxylation is 2. The first kappa shape index (κ1) is 11.2. The molecule has 0 aliphatic heterocycles. The largest absolute Gasteiger partial charge is 0.358 e. The molecule has 0 radical (unpaired) electrons. The molecule has 2 rings (SSSR count). The molecule has 0 saturated heterocycles. The summed E-state index contributed by atoms with van der Waals surface area (Å²) < 4.78 is 0. The average Bonchev–Trinajstić information content (AvgIpc) is 2.58. The molecule has 0 spiro atoms. The van der Waals surface area contributed by atoms with Gasteiger partial charge in [0.1, 0.15) is 0 Å². The van der Waals surface area contributed by atoms with Crippen LogP contribution < -0.4 is 5.32 Å². The Bertz CT molecular complexity index is 483. The van der Waals surface area contributed by atoms with Crippen LogP contribution in [0.2, 0.25) is 0 Å². The van der Waals surface area contributed by atoms with Crippen molar-refractivity contribution in [1.29, 1.82) is 0 Å². The molecular formula is C14H20N2. The Labute approximate surface area is 97.1 Å². The molecule has 0 fully saturated rings. The molecular weight excluding hydrogens is 196 g/mol. The second-order valence-electron chi connectivity index (χ2n) is 4.33. The van der Waals surface area contributed by atoms with E-state index in [0.717, 1.165) is 19.5 Å². The second kappa shape index (κ2) is 4.71. The molecule has 0 saturated carbocycles. The van der Waals surface area contributed by atoms with Crippen molar-refractivity contribution in [3.63, 3.8) is 0 Å². The van der Waals surface area contributed by atoms with E-state index in [0.29, 0.717) is 0 Å². The molecule has 0 aliphatic carbocycles. The van der Waals surface area contributed by atoms with Crippen molar-refractivity contribution in [3.8, 4) is 0 Å². The van der Waals surface area contributed by atoms with Crippen molar-refractivity contribution in [3.05, 3.63) is 35.0 Å². The third-order valence-corrected chi connectivity index (χ3v) is 3.16. The number of aromatic amines is 1. The zero-order chi connectivity index (χ0) is 11.5. The number of likely N-dealkylation sites (N-methyl/N-ethyl adjacent to an activating group) is 1. The zero-order valence-electron chi connectivity index (χ0n) is 10.4. The van der Waals surface area contributed by atoms with Crippen LogP contribution in [0.3, 0.4) is 0 Å². The van der Waals surface area contributed by atoms with E-state index < -0.39 is 0 Å². The summed E-state index contributed by atoms with van der Waals surface area (Å²) >= 11 is 0. The fourth-order valence-corrected chi connectivity index (χ4v) is 2.26. The van der Waals surface area contributed by atoms with Gasteiger partial charge in [0.25, 0.3) is 0 Å². The molecule has 0 atom stereocenters. The predicted molar refractivity (Wildman–Crippen MR) is 70.0 cm³/mol. The van der Waals surface area contributed by atoms with E-state index in [1.807, 2.05) is 0 Å². The van der Waals surface area contributed by atoms with E-state index in [4.69, 9.17) is 0 Å². The van der Waals surface area contributed by atoms with Crippen LogP contribution in [0.15, 0.2) is 18.2 Å². The van der Waals surface area contributed by atoms with Crippen LogP contribution in [-0.4, -0.2) is 18.1 Å². The minimum absolute atomic E-state index is 1.04. The van der Waals surface area contributed by atoms with Gasteiger partial charge in [0.2, 0.25) is 0 Å². The third-order valence-electron chi connectivity index (χ3n) is 3.16. The van der Waals surface area contributed by atoms with Gasteiger partial charge in [-0.05, 0) is 44.5 Å². The first-order chi connectivity index (χ1) is 7.74. The normalized spacial score (nSPS) is 11.2. The summed E-state index contributed by atoms with van der Waals surface area (Å²) in [5.41, 5.74) is 5.39. The first-order valence-corrected chi connectivity index (χ1v) is 6.01. The van der Waals surface area contributed by atoms with Crippen LogP contribution in [0, 0.1) is 13.8 Å². The van der Waals surface area contributed by atoms with Crippen LogP contribution >= 0.6 is 0 Å². The molecule has 2 aromatic rings. The van der Waals surface area contributed by atoms with E-state index in [2.05, 4.69) is 49.3 Å². The summed E-state index contributed by atoms with van der Waals surface area (Å²) in [6.07, 6.45) is 1.10. The molecule has 0 aliphatic rings. The smallest absolute Gasteiger partial charge is 0.0488 e. The van der Waals surface area contributed by atoms with Crippen LogP contribution in [0.4, 0.5) is 0 Å². The fraction of sp³-hybridized carbons (Fsp3) is 0.429. The van der Waals surface area contributed by atoms with Crippen molar-refractivity contribution in [2.24, 2.45) is 0 Å². The number of H-pyrrole nitrogens is 1. The summed E-state index contributed by atoms with van der Waals surface area (Å²) in [4.78, 5) is 3.49. The highest BCUT2D eigenvalue weighted by Crippen LogP contribution is 2.24. The maximum atomic E-state index is 3.49.